The van der Waals surface area contributed by atoms with E-state index >= 15 is 0 Å². The minimum atomic E-state index is -1.77. The van der Waals surface area contributed by atoms with Crippen molar-refractivity contribution < 1.29 is 45.6 Å². The van der Waals surface area contributed by atoms with E-state index in [1.807, 2.05) is 0 Å². The van der Waals surface area contributed by atoms with Gasteiger partial charge in [0.1, 0.15) is 0 Å². The van der Waals surface area contributed by atoms with Crippen molar-refractivity contribution in [2.24, 2.45) is 0 Å². The molecule has 0 atom stereocenters. The van der Waals surface area contributed by atoms with Crippen molar-refractivity contribution in [3.8, 4) is 0 Å². The van der Waals surface area contributed by atoms with Gasteiger partial charge in [0, 0.05) is 0 Å². The summed E-state index contributed by atoms with van der Waals surface area (Å²) < 4.78 is 7.76. The average molecular weight is 482 g/mol. The smallest absolute Gasteiger partial charge is 1.00 e. The van der Waals surface area contributed by atoms with Crippen LogP contribution in [0.15, 0.2) is 83.0 Å². The predicted molar refractivity (Wildman–Crippen MR) is 115 cm³/mol. The van der Waals surface area contributed by atoms with Crippen LogP contribution in [0.1, 0.15) is 44.9 Å². The molecule has 0 heterocycles. The van der Waals surface area contributed by atoms with E-state index in [1.54, 1.807) is 11.1 Å². The van der Waals surface area contributed by atoms with Crippen molar-refractivity contribution in [1.82, 2.24) is 0 Å². The van der Waals surface area contributed by atoms with E-state index < -0.39 is 24.2 Å². The number of hydrogen-bond acceptors (Lipinski definition) is 1. The molecule has 0 saturated heterocycles. The second-order valence-electron chi connectivity index (χ2n) is 7.93. The van der Waals surface area contributed by atoms with Crippen LogP contribution < -0.4 is 24.8 Å². The molecular formula is C24H31Cl2OSiTi. The maximum absolute atomic E-state index is 7.17. The molecule has 5 heteroatoms. The van der Waals surface area contributed by atoms with E-state index in [-0.39, 0.29) is 30.9 Å². The van der Waals surface area contributed by atoms with E-state index in [0.29, 0.717) is 4.22 Å². The van der Waals surface area contributed by atoms with Gasteiger partial charge in [0.2, 0.25) is 0 Å². The summed E-state index contributed by atoms with van der Waals surface area (Å²) in [5.74, 6) is 0. The molecule has 0 unspecified atom stereocenters. The number of halogens is 2. The van der Waals surface area contributed by atoms with Crippen molar-refractivity contribution >= 4 is 6.66 Å². The molecule has 29 heavy (non-hydrogen) atoms. The first-order chi connectivity index (χ1) is 12.9. The van der Waals surface area contributed by atoms with Crippen molar-refractivity contribution in [3.63, 3.8) is 0 Å². The molecule has 0 bridgehead atoms. The summed E-state index contributed by atoms with van der Waals surface area (Å²) in [4.78, 5) is 0. The molecule has 0 radical (unpaired) electrons. The summed E-state index contributed by atoms with van der Waals surface area (Å²) in [6.07, 6.45) is 0.0547. The second kappa shape index (κ2) is 11.7. The first kappa shape index (κ1) is 26.4. The molecule has 0 spiro atoms. The molecule has 2 aromatic rings. The molecule has 0 amide bonds. The van der Waals surface area contributed by atoms with Gasteiger partial charge in [-0.1, -0.05) is 0 Å². The summed E-state index contributed by atoms with van der Waals surface area (Å²) in [5.41, 5.74) is 8.69. The third kappa shape index (κ3) is 5.76. The van der Waals surface area contributed by atoms with E-state index in [0.717, 1.165) is 0 Å². The Balaban J connectivity index is 0.00000210. The van der Waals surface area contributed by atoms with E-state index in [4.69, 9.17) is 3.32 Å². The Labute approximate surface area is 196 Å². The maximum Gasteiger partial charge on any atom is -1.00 e. The molecule has 0 N–H and O–H groups in total. The average Bonchev–Trinajstić information content (AvgIpc) is 2.87. The van der Waals surface area contributed by atoms with E-state index in [9.17, 15) is 0 Å². The van der Waals surface area contributed by atoms with Crippen LogP contribution in [0.5, 0.6) is 0 Å². The molecule has 0 aliphatic heterocycles. The van der Waals surface area contributed by atoms with Crippen molar-refractivity contribution in [2.75, 3.05) is 0 Å². The Hall–Kier alpha value is -0.609. The SMILES string of the molecule is CC1=C(C)[CH]([Ti+2]([O]C(c2ccccc2)c2ccccc2)[SiH](C)C)C(C)=C1C.[Cl-].[Cl-]. The summed E-state index contributed by atoms with van der Waals surface area (Å²) >= 11 is -1.77. The largest absolute Gasteiger partial charge is 1.00 e. The molecule has 0 saturated carbocycles. The zero-order valence-electron chi connectivity index (χ0n) is 18.2. The summed E-state index contributed by atoms with van der Waals surface area (Å²) in [7, 11) is 0. The van der Waals surface area contributed by atoms with Gasteiger partial charge in [-0.3, -0.25) is 0 Å². The van der Waals surface area contributed by atoms with Gasteiger partial charge in [-0.05, 0) is 0 Å². The van der Waals surface area contributed by atoms with Gasteiger partial charge in [-0.25, -0.2) is 0 Å². The fourth-order valence-corrected chi connectivity index (χ4v) is 15.1. The fraction of sp³-hybridized carbons (Fsp3) is 0.333. The van der Waals surface area contributed by atoms with Crippen molar-refractivity contribution in [2.45, 2.75) is 51.1 Å². The Bertz CT molecular complexity index is 786. The van der Waals surface area contributed by atoms with Crippen LogP contribution in [-0.2, 0) is 20.8 Å². The molecule has 2 aromatic carbocycles. The fourth-order valence-electron chi connectivity index (χ4n) is 4.03. The molecule has 0 fully saturated rings. The van der Waals surface area contributed by atoms with Crippen LogP contribution >= 0.6 is 0 Å². The van der Waals surface area contributed by atoms with E-state index in [1.165, 1.54) is 22.3 Å². The van der Waals surface area contributed by atoms with Gasteiger partial charge in [0.25, 0.3) is 0 Å². The molecule has 3 rings (SSSR count). The Kier molecular flexibility index (Phi) is 10.7. The zero-order valence-corrected chi connectivity index (χ0v) is 22.4. The predicted octanol–water partition coefficient (Wildman–Crippen LogP) is 0.792. The number of benzene rings is 2. The third-order valence-electron chi connectivity index (χ3n) is 5.92. The molecule has 1 aliphatic rings. The topological polar surface area (TPSA) is 9.23 Å². The standard InChI is InChI=1S/C13H11O.C9H13.C2H7Si.2ClH.Ti/c14-13(11-7-3-1-4-8-11)12-9-5-2-6-10-12;1-6-5-7(2)9(4)8(6)3;1-3-2;;;/h1-10,13H;5H,1-4H3;3H,1-2H3;2*1H;/q-1;;;;;+3/p-2. The van der Waals surface area contributed by atoms with Gasteiger partial charge in [-0.2, -0.15) is 0 Å². The van der Waals surface area contributed by atoms with Gasteiger partial charge in [0.15, 0.2) is 0 Å². The molecular weight excluding hydrogens is 451 g/mol. The summed E-state index contributed by atoms with van der Waals surface area (Å²) in [6.45, 7) is 13.3. The Morgan fingerprint density at radius 3 is 1.45 bits per heavy atom. The third-order valence-corrected chi connectivity index (χ3v) is 17.4. The van der Waals surface area contributed by atoms with Crippen LogP contribution in [0.4, 0.5) is 0 Å². The zero-order chi connectivity index (χ0) is 19.6. The van der Waals surface area contributed by atoms with Gasteiger partial charge in [-0.15, -0.1) is 0 Å². The first-order valence-corrected chi connectivity index (χ1v) is 17.0. The Morgan fingerprint density at radius 1 is 0.724 bits per heavy atom. The second-order valence-corrected chi connectivity index (χ2v) is 20.5. The number of rotatable bonds is 6. The number of allylic oxidation sites excluding steroid dienone is 4. The van der Waals surface area contributed by atoms with Crippen LogP contribution in [0.2, 0.25) is 17.3 Å². The summed E-state index contributed by atoms with van der Waals surface area (Å²) in [6, 6.07) is 21.5. The van der Waals surface area contributed by atoms with Gasteiger partial charge in [0.05, 0.1) is 0 Å². The van der Waals surface area contributed by atoms with Crippen LogP contribution in [-0.4, -0.2) is 6.66 Å². The molecule has 1 aliphatic carbocycles. The van der Waals surface area contributed by atoms with Gasteiger partial charge >= 0.3 is 173 Å². The molecule has 1 nitrogen and oxygen atoms in total. The normalized spacial score (nSPS) is 14.3. The molecule has 155 valence electrons. The minimum absolute atomic E-state index is 0. The summed E-state index contributed by atoms with van der Waals surface area (Å²) in [5, 5.41) is 0. The van der Waals surface area contributed by atoms with Crippen LogP contribution in [0, 0.1) is 0 Å². The monoisotopic (exact) mass is 481 g/mol. The number of hydrogen-bond donors (Lipinski definition) is 0. The minimum Gasteiger partial charge on any atom is -1.00 e. The quantitative estimate of drug-likeness (QED) is 0.554. The van der Waals surface area contributed by atoms with Crippen LogP contribution in [0.3, 0.4) is 0 Å². The van der Waals surface area contributed by atoms with Crippen LogP contribution in [0.25, 0.3) is 0 Å². The van der Waals surface area contributed by atoms with Crippen molar-refractivity contribution in [3.05, 3.63) is 94.1 Å². The Morgan fingerprint density at radius 2 is 1.10 bits per heavy atom. The first-order valence-electron chi connectivity index (χ1n) is 9.90. The maximum atomic E-state index is 7.17. The van der Waals surface area contributed by atoms with Gasteiger partial charge < -0.3 is 24.8 Å². The van der Waals surface area contributed by atoms with Crippen molar-refractivity contribution in [1.29, 1.82) is 0 Å². The van der Waals surface area contributed by atoms with E-state index in [2.05, 4.69) is 101 Å². The molecule has 0 aromatic heterocycles.